The Hall–Kier alpha value is -3.37. The Morgan fingerprint density at radius 3 is 1.93 bits per heavy atom. The van der Waals surface area contributed by atoms with E-state index >= 15 is 0 Å². The van der Waals surface area contributed by atoms with E-state index in [4.69, 9.17) is 28.1 Å². The molecular weight excluding hydrogens is 772 g/mol. The maximum absolute atomic E-state index is 13.5. The first-order valence-corrected chi connectivity index (χ1v) is 24.4. The van der Waals surface area contributed by atoms with Gasteiger partial charge in [0, 0.05) is 65.3 Å². The normalized spacial score (nSPS) is 17.3. The average Bonchev–Trinajstić information content (AvgIpc) is 3.82. The van der Waals surface area contributed by atoms with Gasteiger partial charge in [0.25, 0.3) is 0 Å². The van der Waals surface area contributed by atoms with Gasteiger partial charge in [0.05, 0.1) is 50.1 Å². The number of amides is 1. The number of aryl methyl sites for hydroxylation is 3. The standard InChI is InChI=1S/C44H65N5O7P2/c1-12-35-41-25-36-29(6)23-32(45-36)24-37-30(7)33(19-17-21-57(51,53-13-2)54-14-3)39(46-37)26-40-34(20-18-22-58(52,55-15-4)56-16-5)31(8)38(47-40)27-42(48-41)44(35,9)28-43(50)49(10)11/h23-27,35,45-46H,12-22,28H2,1-11H3/t35-,44-/m0/s1. The summed E-state index contributed by atoms with van der Waals surface area (Å²) in [5, 5.41) is 0. The van der Waals surface area contributed by atoms with Gasteiger partial charge in [-0.05, 0) is 139 Å². The van der Waals surface area contributed by atoms with E-state index < -0.39 is 20.6 Å². The number of hydrogen-bond acceptors (Lipinski definition) is 9. The smallest absolute Gasteiger partial charge is 0.330 e. The fraction of sp³-hybridized carbons (Fsp3) is 0.568. The van der Waals surface area contributed by atoms with Gasteiger partial charge < -0.3 is 33.0 Å². The fourth-order valence-corrected chi connectivity index (χ4v) is 11.7. The second kappa shape index (κ2) is 19.3. The van der Waals surface area contributed by atoms with Crippen LogP contribution in [0.5, 0.6) is 0 Å². The Kier molecular flexibility index (Phi) is 15.2. The largest absolute Gasteiger partial charge is 0.355 e. The molecule has 3 aromatic heterocycles. The lowest BCUT2D eigenvalue weighted by molar-refractivity contribution is -0.130. The molecule has 2 atom stereocenters. The number of nitrogens with one attached hydrogen (secondary N) is 2. The highest BCUT2D eigenvalue weighted by molar-refractivity contribution is 7.54. The number of H-pyrrole nitrogens is 2. The van der Waals surface area contributed by atoms with Crippen molar-refractivity contribution in [2.45, 2.75) is 112 Å². The topological polar surface area (TPSA) is 149 Å². The van der Waals surface area contributed by atoms with Gasteiger partial charge in [-0.15, -0.1) is 0 Å². The zero-order valence-electron chi connectivity index (χ0n) is 36.5. The molecule has 318 valence electrons. The molecule has 0 saturated carbocycles. The highest BCUT2D eigenvalue weighted by Gasteiger charge is 2.44. The number of nitrogens with zero attached hydrogens (tertiary/aromatic N) is 3. The van der Waals surface area contributed by atoms with Crippen LogP contribution < -0.4 is 0 Å². The lowest BCUT2D eigenvalue weighted by Gasteiger charge is -2.31. The van der Waals surface area contributed by atoms with E-state index in [9.17, 15) is 13.9 Å². The Morgan fingerprint density at radius 2 is 1.36 bits per heavy atom. The average molecular weight is 838 g/mol. The minimum absolute atomic E-state index is 0.00313. The molecule has 14 heteroatoms. The van der Waals surface area contributed by atoms with Crippen LogP contribution in [0.15, 0.2) is 30.3 Å². The molecule has 0 radical (unpaired) electrons. The third kappa shape index (κ3) is 10.1. The van der Waals surface area contributed by atoms with Crippen molar-refractivity contribution in [3.8, 4) is 0 Å². The number of rotatable bonds is 19. The van der Waals surface area contributed by atoms with Gasteiger partial charge >= 0.3 is 15.2 Å². The van der Waals surface area contributed by atoms with Crippen LogP contribution in [0, 0.1) is 13.8 Å². The molecule has 8 bridgehead atoms. The molecule has 5 rings (SSSR count). The summed E-state index contributed by atoms with van der Waals surface area (Å²) in [5.74, 6) is 0.0396. The van der Waals surface area contributed by atoms with Crippen molar-refractivity contribution in [1.29, 1.82) is 0 Å². The highest BCUT2D eigenvalue weighted by Crippen LogP contribution is 2.51. The quantitative estimate of drug-likeness (QED) is 0.113. The molecule has 2 aliphatic heterocycles. The van der Waals surface area contributed by atoms with E-state index in [0.717, 1.165) is 79.1 Å². The van der Waals surface area contributed by atoms with Crippen molar-refractivity contribution in [2.75, 3.05) is 52.8 Å². The first-order valence-electron chi connectivity index (χ1n) is 20.9. The molecule has 3 aromatic rings. The van der Waals surface area contributed by atoms with Gasteiger partial charge in [-0.25, -0.2) is 4.98 Å². The predicted octanol–water partition coefficient (Wildman–Crippen LogP) is 11.0. The summed E-state index contributed by atoms with van der Waals surface area (Å²) in [5.41, 5.74) is 11.9. The van der Waals surface area contributed by atoms with E-state index in [1.165, 1.54) is 0 Å². The zero-order valence-corrected chi connectivity index (χ0v) is 38.3. The molecule has 1 amide bonds. The van der Waals surface area contributed by atoms with Crippen LogP contribution in [0.25, 0.3) is 33.2 Å². The summed E-state index contributed by atoms with van der Waals surface area (Å²) in [6, 6.07) is 10.6. The van der Waals surface area contributed by atoms with E-state index in [2.05, 4.69) is 74.9 Å². The first kappa shape index (κ1) is 45.7. The lowest BCUT2D eigenvalue weighted by Crippen LogP contribution is -2.34. The Labute approximate surface area is 345 Å². The minimum Gasteiger partial charge on any atom is -0.355 e. The van der Waals surface area contributed by atoms with Gasteiger partial charge in [0.2, 0.25) is 5.91 Å². The minimum atomic E-state index is -3.26. The Bertz CT molecular complexity index is 2240. The van der Waals surface area contributed by atoms with Gasteiger partial charge in [0.1, 0.15) is 0 Å². The molecule has 0 aliphatic carbocycles. The first-order chi connectivity index (χ1) is 27.5. The van der Waals surface area contributed by atoms with E-state index in [1.807, 2.05) is 27.7 Å². The number of fused-ring (bicyclic) bond motifs is 8. The number of aromatic amines is 2. The summed E-state index contributed by atoms with van der Waals surface area (Å²) in [6.07, 6.45) is 4.10. The molecule has 0 unspecified atom stereocenters. The van der Waals surface area contributed by atoms with Gasteiger partial charge in [-0.3, -0.25) is 18.9 Å². The van der Waals surface area contributed by atoms with Crippen molar-refractivity contribution in [1.82, 2.24) is 24.8 Å². The number of carbonyl (C=O) groups excluding carboxylic acids is 1. The van der Waals surface area contributed by atoms with Crippen LogP contribution in [-0.2, 0) is 43.9 Å². The second-order valence-corrected chi connectivity index (χ2v) is 20.1. The maximum atomic E-state index is 13.5. The molecule has 12 nitrogen and oxygen atoms in total. The summed E-state index contributed by atoms with van der Waals surface area (Å²) in [4.78, 5) is 33.1. The molecule has 0 fully saturated rings. The van der Waals surface area contributed by atoms with Crippen molar-refractivity contribution in [3.05, 3.63) is 69.8 Å². The maximum Gasteiger partial charge on any atom is 0.330 e. The van der Waals surface area contributed by atoms with Crippen LogP contribution in [0.3, 0.4) is 0 Å². The van der Waals surface area contributed by atoms with Crippen LogP contribution in [-0.4, -0.2) is 83.6 Å². The zero-order chi connectivity index (χ0) is 42.4. The summed E-state index contributed by atoms with van der Waals surface area (Å²) in [6.45, 7) is 19.2. The van der Waals surface area contributed by atoms with Crippen LogP contribution in [0.4, 0.5) is 0 Å². The number of carbonyl (C=O) groups is 1. The summed E-state index contributed by atoms with van der Waals surface area (Å²) < 4.78 is 49.5. The molecule has 0 saturated heterocycles. The van der Waals surface area contributed by atoms with E-state index in [-0.39, 0.29) is 18.0 Å². The molecule has 0 spiro atoms. The fourth-order valence-electron chi connectivity index (χ4n) is 8.41. The SMILES string of the molecule is CCOP(=O)(CCCC1=C(C)c2cc3nc(cc4[nH]c(cc4C)cc4[nH]c(cc1n2)c(CCCP(=O)(OCC)OCC)c4C)[C@H](CC)[C@]3(C)CC(=O)N(C)C)OCC. The lowest BCUT2D eigenvalue weighted by atomic mass is 9.71. The molecule has 0 aromatic carbocycles. The molecular formula is C44H65N5O7P2. The van der Waals surface area contributed by atoms with Crippen LogP contribution in [0.1, 0.15) is 126 Å². The monoisotopic (exact) mass is 837 g/mol. The van der Waals surface area contributed by atoms with Crippen molar-refractivity contribution >= 4 is 54.3 Å². The van der Waals surface area contributed by atoms with Gasteiger partial charge in [-0.1, -0.05) is 13.8 Å². The second-order valence-electron chi connectivity index (χ2n) is 15.8. The van der Waals surface area contributed by atoms with E-state index in [0.29, 0.717) is 64.7 Å². The Balaban J connectivity index is 1.77. The summed E-state index contributed by atoms with van der Waals surface area (Å²) in [7, 11) is -2.89. The third-order valence-corrected chi connectivity index (χ3v) is 15.8. The molecule has 58 heavy (non-hydrogen) atoms. The van der Waals surface area contributed by atoms with Gasteiger partial charge in [-0.2, -0.15) is 0 Å². The van der Waals surface area contributed by atoms with Crippen LogP contribution in [0.2, 0.25) is 0 Å². The van der Waals surface area contributed by atoms with Crippen molar-refractivity contribution < 1.29 is 32.0 Å². The van der Waals surface area contributed by atoms with Crippen LogP contribution >= 0.6 is 15.2 Å². The van der Waals surface area contributed by atoms with Crippen molar-refractivity contribution in [2.24, 2.45) is 0 Å². The number of hydrogen-bond donors (Lipinski definition) is 2. The van der Waals surface area contributed by atoms with E-state index in [1.54, 1.807) is 19.0 Å². The number of aromatic nitrogens is 4. The van der Waals surface area contributed by atoms with Crippen molar-refractivity contribution in [3.63, 3.8) is 0 Å². The summed E-state index contributed by atoms with van der Waals surface area (Å²) >= 11 is 0. The molecule has 5 heterocycles. The predicted molar refractivity (Wildman–Crippen MR) is 236 cm³/mol. The third-order valence-electron chi connectivity index (χ3n) is 11.5. The molecule has 2 aliphatic rings. The molecule has 2 N–H and O–H groups in total. The number of allylic oxidation sites excluding steroid dienone is 2. The Morgan fingerprint density at radius 1 is 0.759 bits per heavy atom. The van der Waals surface area contributed by atoms with Gasteiger partial charge in [0.15, 0.2) is 0 Å². The highest BCUT2D eigenvalue weighted by atomic mass is 31.2.